The number of nitrogens with one attached hydrogen (secondary N) is 1. The van der Waals surface area contributed by atoms with Crippen LogP contribution in [0.2, 0.25) is 0 Å². The average molecular weight is 382 g/mol. The third kappa shape index (κ3) is 3.74. The lowest BCUT2D eigenvalue weighted by Crippen LogP contribution is -2.46. The van der Waals surface area contributed by atoms with E-state index in [1.54, 1.807) is 49.6 Å². The number of hydrogen-bond acceptors (Lipinski definition) is 5. The van der Waals surface area contributed by atoms with E-state index in [0.717, 1.165) is 0 Å². The molecule has 7 heteroatoms. The topological polar surface area (TPSA) is 77.1 Å². The monoisotopic (exact) mass is 382 g/mol. The third-order valence-electron chi connectivity index (χ3n) is 5.07. The quantitative estimate of drug-likeness (QED) is 0.879. The SMILES string of the molecule is COc1cccc(C(=O)NC2CCN(C(=O)c3ccc4c(c3)OCO4)CC2)c1. The maximum Gasteiger partial charge on any atom is 0.253 e. The molecule has 0 aromatic heterocycles. The van der Waals surface area contributed by atoms with Gasteiger partial charge in [0.15, 0.2) is 11.5 Å². The van der Waals surface area contributed by atoms with Crippen LogP contribution in [0.1, 0.15) is 33.6 Å². The molecular formula is C21H22N2O5. The van der Waals surface area contributed by atoms with Gasteiger partial charge in [-0.15, -0.1) is 0 Å². The van der Waals surface area contributed by atoms with Crippen LogP contribution in [0.5, 0.6) is 17.2 Å². The summed E-state index contributed by atoms with van der Waals surface area (Å²) in [5.41, 5.74) is 1.15. The van der Waals surface area contributed by atoms with Crippen LogP contribution in [0.25, 0.3) is 0 Å². The Morgan fingerprint density at radius 1 is 1.04 bits per heavy atom. The summed E-state index contributed by atoms with van der Waals surface area (Å²) in [6, 6.07) is 12.4. The molecule has 2 aromatic carbocycles. The molecule has 4 rings (SSSR count). The standard InChI is InChI=1S/C21H22N2O5/c1-26-17-4-2-3-14(11-17)20(24)22-16-7-9-23(10-8-16)21(25)15-5-6-18-19(12-15)28-13-27-18/h2-6,11-12,16H,7-10,13H2,1H3,(H,22,24). The van der Waals surface area contributed by atoms with Gasteiger partial charge in [-0.3, -0.25) is 9.59 Å². The number of carbonyl (C=O) groups is 2. The van der Waals surface area contributed by atoms with Crippen molar-refractivity contribution in [1.82, 2.24) is 10.2 Å². The normalized spacial score (nSPS) is 16.0. The Morgan fingerprint density at radius 2 is 1.82 bits per heavy atom. The number of amides is 2. The number of methoxy groups -OCH3 is 1. The van der Waals surface area contributed by atoms with Gasteiger partial charge < -0.3 is 24.4 Å². The molecule has 1 saturated heterocycles. The Morgan fingerprint density at radius 3 is 2.61 bits per heavy atom. The van der Waals surface area contributed by atoms with E-state index in [2.05, 4.69) is 5.32 Å². The fourth-order valence-corrected chi connectivity index (χ4v) is 3.47. The van der Waals surface area contributed by atoms with Gasteiger partial charge in [0.1, 0.15) is 5.75 Å². The number of piperidine rings is 1. The Balaban J connectivity index is 1.33. The van der Waals surface area contributed by atoms with Crippen molar-refractivity contribution in [3.8, 4) is 17.2 Å². The van der Waals surface area contributed by atoms with Crippen LogP contribution >= 0.6 is 0 Å². The van der Waals surface area contributed by atoms with E-state index < -0.39 is 0 Å². The van der Waals surface area contributed by atoms with Crippen molar-refractivity contribution in [1.29, 1.82) is 0 Å². The van der Waals surface area contributed by atoms with E-state index in [1.165, 1.54) is 0 Å². The molecule has 0 radical (unpaired) electrons. The number of benzene rings is 2. The maximum atomic E-state index is 12.7. The van der Waals surface area contributed by atoms with Crippen LogP contribution in [-0.2, 0) is 0 Å². The van der Waals surface area contributed by atoms with Gasteiger partial charge >= 0.3 is 0 Å². The lowest BCUT2D eigenvalue weighted by molar-refractivity contribution is 0.0697. The predicted octanol–water partition coefficient (Wildman–Crippen LogP) is 2.46. The summed E-state index contributed by atoms with van der Waals surface area (Å²) in [4.78, 5) is 27.0. The number of fused-ring (bicyclic) bond motifs is 1. The molecule has 1 fully saturated rings. The van der Waals surface area contributed by atoms with Crippen LogP contribution in [0.3, 0.4) is 0 Å². The van der Waals surface area contributed by atoms with Crippen molar-refractivity contribution in [2.24, 2.45) is 0 Å². The molecule has 2 aliphatic heterocycles. The molecule has 28 heavy (non-hydrogen) atoms. The minimum Gasteiger partial charge on any atom is -0.497 e. The van der Waals surface area contributed by atoms with Gasteiger partial charge in [-0.25, -0.2) is 0 Å². The van der Waals surface area contributed by atoms with Crippen molar-refractivity contribution in [2.45, 2.75) is 18.9 Å². The smallest absolute Gasteiger partial charge is 0.253 e. The van der Waals surface area contributed by atoms with Crippen molar-refractivity contribution in [3.63, 3.8) is 0 Å². The summed E-state index contributed by atoms with van der Waals surface area (Å²) in [6.45, 7) is 1.37. The van der Waals surface area contributed by atoms with Crippen molar-refractivity contribution < 1.29 is 23.8 Å². The van der Waals surface area contributed by atoms with Gasteiger partial charge in [-0.2, -0.15) is 0 Å². The van der Waals surface area contributed by atoms with E-state index in [9.17, 15) is 9.59 Å². The number of rotatable bonds is 4. The van der Waals surface area contributed by atoms with E-state index in [1.807, 2.05) is 4.90 Å². The van der Waals surface area contributed by atoms with Crippen LogP contribution in [0.15, 0.2) is 42.5 Å². The summed E-state index contributed by atoms with van der Waals surface area (Å²) in [5, 5.41) is 3.05. The Bertz CT molecular complexity index is 890. The van der Waals surface area contributed by atoms with Gasteiger partial charge in [0.2, 0.25) is 6.79 Å². The van der Waals surface area contributed by atoms with Crippen LogP contribution < -0.4 is 19.5 Å². The molecule has 0 spiro atoms. The second kappa shape index (κ2) is 7.80. The van der Waals surface area contributed by atoms with Crippen molar-refractivity contribution in [3.05, 3.63) is 53.6 Å². The summed E-state index contributed by atoms with van der Waals surface area (Å²) in [5.74, 6) is 1.76. The first-order chi connectivity index (χ1) is 13.6. The number of nitrogens with zero attached hydrogens (tertiary/aromatic N) is 1. The highest BCUT2D eigenvalue weighted by molar-refractivity contribution is 5.95. The molecule has 0 bridgehead atoms. The first-order valence-corrected chi connectivity index (χ1v) is 9.28. The predicted molar refractivity (Wildman–Crippen MR) is 102 cm³/mol. The van der Waals surface area contributed by atoms with Crippen molar-refractivity contribution >= 4 is 11.8 Å². The Labute approximate surface area is 163 Å². The zero-order chi connectivity index (χ0) is 19.5. The number of carbonyl (C=O) groups excluding carboxylic acids is 2. The molecule has 2 heterocycles. The van der Waals surface area contributed by atoms with Gasteiger partial charge in [-0.05, 0) is 49.2 Å². The highest BCUT2D eigenvalue weighted by Gasteiger charge is 2.26. The van der Waals surface area contributed by atoms with Crippen LogP contribution in [0.4, 0.5) is 0 Å². The fourth-order valence-electron chi connectivity index (χ4n) is 3.47. The van der Waals surface area contributed by atoms with E-state index in [0.29, 0.717) is 54.3 Å². The van der Waals surface area contributed by atoms with E-state index in [4.69, 9.17) is 14.2 Å². The summed E-state index contributed by atoms with van der Waals surface area (Å²) in [7, 11) is 1.57. The van der Waals surface area contributed by atoms with Gasteiger partial charge in [0.05, 0.1) is 7.11 Å². The molecule has 0 aliphatic carbocycles. The first-order valence-electron chi connectivity index (χ1n) is 9.28. The molecule has 0 unspecified atom stereocenters. The summed E-state index contributed by atoms with van der Waals surface area (Å²) < 4.78 is 15.8. The number of ether oxygens (including phenoxy) is 3. The Hall–Kier alpha value is -3.22. The van der Waals surface area contributed by atoms with Crippen LogP contribution in [0, 0.1) is 0 Å². The van der Waals surface area contributed by atoms with Crippen molar-refractivity contribution in [2.75, 3.05) is 27.0 Å². The molecule has 0 saturated carbocycles. The molecule has 7 nitrogen and oxygen atoms in total. The average Bonchev–Trinajstić information content (AvgIpc) is 3.21. The first kappa shape index (κ1) is 18.2. The molecule has 0 atom stereocenters. The van der Waals surface area contributed by atoms with Gasteiger partial charge in [0, 0.05) is 30.3 Å². The third-order valence-corrected chi connectivity index (χ3v) is 5.07. The number of likely N-dealkylation sites (tertiary alicyclic amines) is 1. The number of hydrogen-bond donors (Lipinski definition) is 1. The minimum atomic E-state index is -0.126. The molecule has 2 aliphatic rings. The van der Waals surface area contributed by atoms with Crippen LogP contribution in [-0.4, -0.2) is 49.7 Å². The lowest BCUT2D eigenvalue weighted by atomic mass is 10.0. The second-order valence-electron chi connectivity index (χ2n) is 6.84. The highest BCUT2D eigenvalue weighted by Crippen LogP contribution is 2.33. The summed E-state index contributed by atoms with van der Waals surface area (Å²) in [6.07, 6.45) is 1.43. The highest BCUT2D eigenvalue weighted by atomic mass is 16.7. The molecule has 2 aromatic rings. The van der Waals surface area contributed by atoms with E-state index >= 15 is 0 Å². The molecule has 146 valence electrons. The minimum absolute atomic E-state index is 0.0316. The maximum absolute atomic E-state index is 12.7. The van der Waals surface area contributed by atoms with Gasteiger partial charge in [-0.1, -0.05) is 6.07 Å². The fraction of sp³-hybridized carbons (Fsp3) is 0.333. The van der Waals surface area contributed by atoms with E-state index in [-0.39, 0.29) is 24.6 Å². The summed E-state index contributed by atoms with van der Waals surface area (Å²) >= 11 is 0. The second-order valence-corrected chi connectivity index (χ2v) is 6.84. The largest absolute Gasteiger partial charge is 0.497 e. The molecule has 2 amide bonds. The molecule has 1 N–H and O–H groups in total. The lowest BCUT2D eigenvalue weighted by Gasteiger charge is -2.32. The molecular weight excluding hydrogens is 360 g/mol. The zero-order valence-corrected chi connectivity index (χ0v) is 15.6. The zero-order valence-electron chi connectivity index (χ0n) is 15.6. The Kier molecular flexibility index (Phi) is 5.06. The van der Waals surface area contributed by atoms with Gasteiger partial charge in [0.25, 0.3) is 11.8 Å².